The SMILES string of the molecule is COc1ccc(/C=C/CN2CCN(Cc3ccccc3)[C@H](CCO)C2)cc1. The van der Waals surface area contributed by atoms with Crippen LogP contribution < -0.4 is 4.74 Å². The quantitative estimate of drug-likeness (QED) is 0.778. The molecule has 0 radical (unpaired) electrons. The van der Waals surface area contributed by atoms with Gasteiger partial charge in [-0.3, -0.25) is 9.80 Å². The van der Waals surface area contributed by atoms with E-state index in [1.54, 1.807) is 7.11 Å². The molecule has 27 heavy (non-hydrogen) atoms. The molecule has 0 amide bonds. The van der Waals surface area contributed by atoms with Crippen LogP contribution in [0.5, 0.6) is 5.75 Å². The Balaban J connectivity index is 1.53. The van der Waals surface area contributed by atoms with Gasteiger partial charge in [0.15, 0.2) is 0 Å². The summed E-state index contributed by atoms with van der Waals surface area (Å²) in [5.74, 6) is 0.883. The molecule has 0 aliphatic carbocycles. The number of benzene rings is 2. The number of hydrogen-bond acceptors (Lipinski definition) is 4. The van der Waals surface area contributed by atoms with E-state index in [-0.39, 0.29) is 6.61 Å². The molecule has 0 saturated carbocycles. The van der Waals surface area contributed by atoms with Gasteiger partial charge in [0.25, 0.3) is 0 Å². The van der Waals surface area contributed by atoms with Crippen LogP contribution in [0, 0.1) is 0 Å². The number of aliphatic hydroxyl groups is 1. The second kappa shape index (κ2) is 10.3. The molecule has 1 atom stereocenters. The molecule has 3 rings (SSSR count). The van der Waals surface area contributed by atoms with E-state index >= 15 is 0 Å². The summed E-state index contributed by atoms with van der Waals surface area (Å²) in [5.41, 5.74) is 2.53. The van der Waals surface area contributed by atoms with Crippen molar-refractivity contribution < 1.29 is 9.84 Å². The third-order valence-corrected chi connectivity index (χ3v) is 5.17. The molecule has 2 aromatic rings. The standard InChI is InChI=1S/C23H30N2O2/c1-27-23-11-9-20(10-12-23)8-5-14-24-15-16-25(22(19-24)13-17-26)18-21-6-3-2-4-7-21/h2-12,22,26H,13-19H2,1H3/b8-5+/t22-/m1/s1. The van der Waals surface area contributed by atoms with Crippen LogP contribution in [-0.2, 0) is 6.54 Å². The highest BCUT2D eigenvalue weighted by molar-refractivity contribution is 5.50. The highest BCUT2D eigenvalue weighted by Gasteiger charge is 2.25. The average Bonchev–Trinajstić information content (AvgIpc) is 2.71. The molecule has 0 spiro atoms. The smallest absolute Gasteiger partial charge is 0.118 e. The fourth-order valence-electron chi connectivity index (χ4n) is 3.62. The van der Waals surface area contributed by atoms with Gasteiger partial charge in [-0.25, -0.2) is 0 Å². The van der Waals surface area contributed by atoms with E-state index in [4.69, 9.17) is 4.74 Å². The number of methoxy groups -OCH3 is 1. The first kappa shape index (κ1) is 19.6. The zero-order chi connectivity index (χ0) is 18.9. The number of hydrogen-bond donors (Lipinski definition) is 1. The summed E-state index contributed by atoms with van der Waals surface area (Å²) in [4.78, 5) is 4.98. The number of piperazine rings is 1. The van der Waals surface area contributed by atoms with Crippen molar-refractivity contribution in [3.63, 3.8) is 0 Å². The van der Waals surface area contributed by atoms with E-state index in [0.29, 0.717) is 6.04 Å². The van der Waals surface area contributed by atoms with Gasteiger partial charge in [0.2, 0.25) is 0 Å². The lowest BCUT2D eigenvalue weighted by molar-refractivity contribution is 0.0597. The summed E-state index contributed by atoms with van der Waals surface area (Å²) in [7, 11) is 1.69. The Hall–Kier alpha value is -2.14. The molecular formula is C23H30N2O2. The van der Waals surface area contributed by atoms with E-state index < -0.39 is 0 Å². The Kier molecular flexibility index (Phi) is 7.45. The lowest BCUT2D eigenvalue weighted by Gasteiger charge is -2.41. The highest BCUT2D eigenvalue weighted by atomic mass is 16.5. The second-order valence-electron chi connectivity index (χ2n) is 7.06. The minimum atomic E-state index is 0.242. The van der Waals surface area contributed by atoms with Crippen LogP contribution in [-0.4, -0.2) is 60.8 Å². The third-order valence-electron chi connectivity index (χ3n) is 5.17. The number of aliphatic hydroxyl groups excluding tert-OH is 1. The number of nitrogens with zero attached hydrogens (tertiary/aromatic N) is 2. The fourth-order valence-corrected chi connectivity index (χ4v) is 3.62. The zero-order valence-corrected chi connectivity index (χ0v) is 16.1. The van der Waals surface area contributed by atoms with Crippen LogP contribution in [0.25, 0.3) is 6.08 Å². The minimum Gasteiger partial charge on any atom is -0.497 e. The van der Waals surface area contributed by atoms with E-state index in [1.807, 2.05) is 12.1 Å². The van der Waals surface area contributed by atoms with Crippen molar-refractivity contribution in [3.8, 4) is 5.75 Å². The van der Waals surface area contributed by atoms with Crippen LogP contribution in [0.4, 0.5) is 0 Å². The Bertz CT molecular complexity index is 700. The zero-order valence-electron chi connectivity index (χ0n) is 16.1. The molecule has 0 aromatic heterocycles. The van der Waals surface area contributed by atoms with Crippen LogP contribution in [0.15, 0.2) is 60.7 Å². The summed E-state index contributed by atoms with van der Waals surface area (Å²) >= 11 is 0. The second-order valence-corrected chi connectivity index (χ2v) is 7.06. The first-order valence-corrected chi connectivity index (χ1v) is 9.70. The predicted octanol–water partition coefficient (Wildman–Crippen LogP) is 3.28. The van der Waals surface area contributed by atoms with Crippen molar-refractivity contribution in [2.75, 3.05) is 39.9 Å². The third kappa shape index (κ3) is 5.93. The van der Waals surface area contributed by atoms with E-state index in [2.05, 4.69) is 64.4 Å². The van der Waals surface area contributed by atoms with Gasteiger partial charge in [-0.2, -0.15) is 0 Å². The maximum Gasteiger partial charge on any atom is 0.118 e. The van der Waals surface area contributed by atoms with Crippen molar-refractivity contribution in [1.82, 2.24) is 9.80 Å². The number of rotatable bonds is 8. The van der Waals surface area contributed by atoms with Gasteiger partial charge in [-0.15, -0.1) is 0 Å². The lowest BCUT2D eigenvalue weighted by atomic mass is 10.1. The number of ether oxygens (including phenoxy) is 1. The van der Waals surface area contributed by atoms with Gasteiger partial charge >= 0.3 is 0 Å². The Morgan fingerprint density at radius 3 is 2.56 bits per heavy atom. The largest absolute Gasteiger partial charge is 0.497 e. The molecule has 1 heterocycles. The molecule has 2 aromatic carbocycles. The molecule has 1 N–H and O–H groups in total. The van der Waals surface area contributed by atoms with Crippen molar-refractivity contribution in [2.45, 2.75) is 19.0 Å². The fraction of sp³-hybridized carbons (Fsp3) is 0.391. The Morgan fingerprint density at radius 1 is 1.07 bits per heavy atom. The summed E-state index contributed by atoms with van der Waals surface area (Å²) in [6, 6.07) is 19.1. The molecule has 1 saturated heterocycles. The van der Waals surface area contributed by atoms with E-state index in [1.165, 1.54) is 11.1 Å². The lowest BCUT2D eigenvalue weighted by Crippen LogP contribution is -2.52. The van der Waals surface area contributed by atoms with Gasteiger partial charge in [0.1, 0.15) is 5.75 Å². The normalized spacial score (nSPS) is 18.8. The molecule has 0 bridgehead atoms. The minimum absolute atomic E-state index is 0.242. The molecule has 4 heteroatoms. The Labute approximate surface area is 162 Å². The predicted molar refractivity (Wildman–Crippen MR) is 111 cm³/mol. The molecule has 0 unspecified atom stereocenters. The van der Waals surface area contributed by atoms with Gasteiger partial charge in [0, 0.05) is 45.4 Å². The highest BCUT2D eigenvalue weighted by Crippen LogP contribution is 2.17. The van der Waals surface area contributed by atoms with Gasteiger partial charge < -0.3 is 9.84 Å². The maximum absolute atomic E-state index is 9.49. The molecule has 1 fully saturated rings. The summed E-state index contributed by atoms with van der Waals surface area (Å²) in [6.45, 7) is 5.23. The monoisotopic (exact) mass is 366 g/mol. The Morgan fingerprint density at radius 2 is 1.85 bits per heavy atom. The molecule has 1 aliphatic rings. The van der Waals surface area contributed by atoms with Crippen molar-refractivity contribution in [3.05, 3.63) is 71.8 Å². The van der Waals surface area contributed by atoms with Crippen molar-refractivity contribution in [1.29, 1.82) is 0 Å². The molecular weight excluding hydrogens is 336 g/mol. The first-order valence-electron chi connectivity index (χ1n) is 9.70. The first-order chi connectivity index (χ1) is 13.3. The van der Waals surface area contributed by atoms with Gasteiger partial charge in [-0.1, -0.05) is 54.6 Å². The van der Waals surface area contributed by atoms with Crippen LogP contribution >= 0.6 is 0 Å². The summed E-state index contributed by atoms with van der Waals surface area (Å²) < 4.78 is 5.20. The van der Waals surface area contributed by atoms with Crippen LogP contribution in [0.2, 0.25) is 0 Å². The topological polar surface area (TPSA) is 35.9 Å². The van der Waals surface area contributed by atoms with Crippen LogP contribution in [0.1, 0.15) is 17.5 Å². The van der Waals surface area contributed by atoms with Gasteiger partial charge in [0.05, 0.1) is 7.11 Å². The molecule has 1 aliphatic heterocycles. The van der Waals surface area contributed by atoms with Crippen molar-refractivity contribution in [2.24, 2.45) is 0 Å². The summed E-state index contributed by atoms with van der Waals surface area (Å²) in [6.07, 6.45) is 5.22. The van der Waals surface area contributed by atoms with E-state index in [0.717, 1.165) is 44.9 Å². The van der Waals surface area contributed by atoms with Crippen molar-refractivity contribution >= 4 is 6.08 Å². The van der Waals surface area contributed by atoms with Crippen LogP contribution in [0.3, 0.4) is 0 Å². The van der Waals surface area contributed by atoms with E-state index in [9.17, 15) is 5.11 Å². The molecule has 4 nitrogen and oxygen atoms in total. The average molecular weight is 367 g/mol. The molecule has 144 valence electrons. The summed E-state index contributed by atoms with van der Waals surface area (Å²) in [5, 5.41) is 9.49. The maximum atomic E-state index is 9.49. The van der Waals surface area contributed by atoms with Gasteiger partial charge in [-0.05, 0) is 29.7 Å².